The molecule has 20 heavy (non-hydrogen) atoms. The number of rotatable bonds is 5. The van der Waals surface area contributed by atoms with Crippen LogP contribution in [0.1, 0.15) is 19.3 Å². The molecule has 2 rings (SSSR count). The number of likely N-dealkylation sites (N-methyl/N-ethyl adjacent to an activating group) is 1. The molecule has 1 N–H and O–H groups in total. The van der Waals surface area contributed by atoms with Crippen molar-refractivity contribution in [2.75, 3.05) is 20.6 Å². The molecule has 0 saturated heterocycles. The smallest absolute Gasteiger partial charge is 0.241 e. The minimum Gasteiger partial charge on any atom is -0.302 e. The maximum Gasteiger partial charge on any atom is 0.241 e. The van der Waals surface area contributed by atoms with Gasteiger partial charge in [0.05, 0.1) is 4.90 Å². The van der Waals surface area contributed by atoms with Crippen molar-refractivity contribution in [1.29, 1.82) is 0 Å². The molecule has 1 fully saturated rings. The Labute approximate surface area is 127 Å². The van der Waals surface area contributed by atoms with E-state index in [2.05, 4.69) is 25.6 Å². The van der Waals surface area contributed by atoms with Crippen molar-refractivity contribution in [2.45, 2.75) is 29.7 Å². The zero-order valence-electron chi connectivity index (χ0n) is 11.5. The Balaban J connectivity index is 2.15. The van der Waals surface area contributed by atoms with Crippen LogP contribution in [0.15, 0.2) is 27.6 Å². The van der Waals surface area contributed by atoms with E-state index in [4.69, 9.17) is 0 Å². The first-order valence-corrected chi connectivity index (χ1v) is 8.67. The van der Waals surface area contributed by atoms with Crippen LogP contribution in [0, 0.1) is 5.82 Å². The van der Waals surface area contributed by atoms with Crippen molar-refractivity contribution < 1.29 is 12.8 Å². The predicted octanol–water partition coefficient (Wildman–Crippen LogP) is 2.35. The van der Waals surface area contributed by atoms with E-state index in [9.17, 15) is 12.8 Å². The molecule has 1 aliphatic carbocycles. The van der Waals surface area contributed by atoms with Gasteiger partial charge in [0.2, 0.25) is 10.0 Å². The standard InChI is InChI=1S/C13H18BrFN2O2S/c1-17(2)13(6-3-7-13)9-16-20(18,19)12-5-4-10(15)8-11(12)14/h4-5,8,16H,3,6-7,9H2,1-2H3. The Bertz CT molecular complexity index is 600. The van der Waals surface area contributed by atoms with Gasteiger partial charge in [-0.25, -0.2) is 17.5 Å². The van der Waals surface area contributed by atoms with Gasteiger partial charge < -0.3 is 4.90 Å². The summed E-state index contributed by atoms with van der Waals surface area (Å²) < 4.78 is 40.5. The number of hydrogen-bond donors (Lipinski definition) is 1. The molecule has 0 aromatic heterocycles. The van der Waals surface area contributed by atoms with Crippen LogP contribution >= 0.6 is 15.9 Å². The Kier molecular flexibility index (Phi) is 4.53. The van der Waals surface area contributed by atoms with Crippen LogP contribution in [0.5, 0.6) is 0 Å². The van der Waals surface area contributed by atoms with Crippen LogP contribution in [-0.2, 0) is 10.0 Å². The molecule has 0 spiro atoms. The Hall–Kier alpha value is -0.500. The number of hydrogen-bond acceptors (Lipinski definition) is 3. The molecule has 112 valence electrons. The van der Waals surface area contributed by atoms with Crippen LogP contribution in [0.25, 0.3) is 0 Å². The third-order valence-electron chi connectivity index (χ3n) is 4.01. The van der Waals surface area contributed by atoms with Gasteiger partial charge in [-0.3, -0.25) is 0 Å². The molecule has 0 radical (unpaired) electrons. The summed E-state index contributed by atoms with van der Waals surface area (Å²) in [5.41, 5.74) is -0.0976. The largest absolute Gasteiger partial charge is 0.302 e. The van der Waals surface area contributed by atoms with Crippen LogP contribution < -0.4 is 4.72 Å². The molecular formula is C13H18BrFN2O2S. The van der Waals surface area contributed by atoms with Gasteiger partial charge in [-0.1, -0.05) is 0 Å². The minimum atomic E-state index is -3.64. The quantitative estimate of drug-likeness (QED) is 0.872. The highest BCUT2D eigenvalue weighted by molar-refractivity contribution is 9.10. The van der Waals surface area contributed by atoms with Crippen molar-refractivity contribution in [2.24, 2.45) is 0 Å². The summed E-state index contributed by atoms with van der Waals surface area (Å²) in [4.78, 5) is 2.13. The van der Waals surface area contributed by atoms with Gasteiger partial charge in [-0.2, -0.15) is 0 Å². The van der Waals surface area contributed by atoms with Gasteiger partial charge in [0.25, 0.3) is 0 Å². The summed E-state index contributed by atoms with van der Waals surface area (Å²) in [5.74, 6) is -0.473. The monoisotopic (exact) mass is 364 g/mol. The second-order valence-corrected chi connectivity index (χ2v) is 7.96. The molecular weight excluding hydrogens is 347 g/mol. The highest BCUT2D eigenvalue weighted by Crippen LogP contribution is 2.36. The Morgan fingerprint density at radius 2 is 2.05 bits per heavy atom. The molecule has 0 amide bonds. The van der Waals surface area contributed by atoms with Gasteiger partial charge in [0, 0.05) is 16.6 Å². The van der Waals surface area contributed by atoms with E-state index < -0.39 is 15.8 Å². The summed E-state index contributed by atoms with van der Waals surface area (Å²) in [6.45, 7) is 0.367. The fourth-order valence-corrected chi connectivity index (χ4v) is 4.53. The lowest BCUT2D eigenvalue weighted by molar-refractivity contribution is 0.0657. The zero-order chi connectivity index (χ0) is 15.0. The third-order valence-corrected chi connectivity index (χ3v) is 6.39. The summed E-state index contributed by atoms with van der Waals surface area (Å²) in [6, 6.07) is 3.56. The van der Waals surface area contributed by atoms with Crippen LogP contribution in [0.3, 0.4) is 0 Å². The maximum atomic E-state index is 13.0. The molecule has 1 aliphatic rings. The lowest BCUT2D eigenvalue weighted by atomic mass is 9.76. The lowest BCUT2D eigenvalue weighted by Crippen LogP contribution is -2.57. The molecule has 0 aliphatic heterocycles. The molecule has 1 aromatic carbocycles. The van der Waals surface area contributed by atoms with Crippen molar-refractivity contribution in [3.05, 3.63) is 28.5 Å². The molecule has 0 heterocycles. The van der Waals surface area contributed by atoms with E-state index in [-0.39, 0.29) is 14.9 Å². The van der Waals surface area contributed by atoms with E-state index >= 15 is 0 Å². The van der Waals surface area contributed by atoms with E-state index in [1.165, 1.54) is 6.07 Å². The number of nitrogens with one attached hydrogen (secondary N) is 1. The highest BCUT2D eigenvalue weighted by atomic mass is 79.9. The summed E-state index contributed by atoms with van der Waals surface area (Å²) in [6.07, 6.45) is 3.07. The van der Waals surface area contributed by atoms with Gasteiger partial charge in [0.15, 0.2) is 0 Å². The first kappa shape index (κ1) is 15.9. The highest BCUT2D eigenvalue weighted by Gasteiger charge is 2.40. The molecule has 1 saturated carbocycles. The van der Waals surface area contributed by atoms with E-state index in [0.717, 1.165) is 31.4 Å². The summed E-state index contributed by atoms with van der Waals surface area (Å²) >= 11 is 3.09. The number of sulfonamides is 1. The molecule has 7 heteroatoms. The average molecular weight is 365 g/mol. The molecule has 4 nitrogen and oxygen atoms in total. The second kappa shape index (κ2) is 5.71. The summed E-state index contributed by atoms with van der Waals surface area (Å²) in [7, 11) is 0.278. The Morgan fingerprint density at radius 1 is 1.40 bits per heavy atom. The van der Waals surface area contributed by atoms with E-state index in [0.29, 0.717) is 6.54 Å². The van der Waals surface area contributed by atoms with Crippen molar-refractivity contribution in [1.82, 2.24) is 9.62 Å². The molecule has 1 aromatic rings. The van der Waals surface area contributed by atoms with Crippen LogP contribution in [0.2, 0.25) is 0 Å². The maximum absolute atomic E-state index is 13.0. The summed E-state index contributed by atoms with van der Waals surface area (Å²) in [5, 5.41) is 0. The average Bonchev–Trinajstić information content (AvgIpc) is 2.25. The van der Waals surface area contributed by atoms with E-state index in [1.807, 2.05) is 14.1 Å². The molecule has 0 bridgehead atoms. The SMILES string of the molecule is CN(C)C1(CNS(=O)(=O)c2ccc(F)cc2Br)CCC1. The zero-order valence-corrected chi connectivity index (χ0v) is 13.9. The van der Waals surface area contributed by atoms with Gasteiger partial charge in [0.1, 0.15) is 5.82 Å². The normalized spacial score (nSPS) is 18.1. The molecule has 0 unspecified atom stereocenters. The minimum absolute atomic E-state index is 0.0622. The van der Waals surface area contributed by atoms with Crippen molar-refractivity contribution in [3.63, 3.8) is 0 Å². The van der Waals surface area contributed by atoms with Gasteiger partial charge in [-0.15, -0.1) is 0 Å². The fraction of sp³-hybridized carbons (Fsp3) is 0.538. The topological polar surface area (TPSA) is 49.4 Å². The van der Waals surface area contributed by atoms with Crippen molar-refractivity contribution in [3.8, 4) is 0 Å². The second-order valence-electron chi connectivity index (χ2n) is 5.37. The van der Waals surface area contributed by atoms with Crippen LogP contribution in [-0.4, -0.2) is 39.5 Å². The first-order chi connectivity index (χ1) is 9.27. The third kappa shape index (κ3) is 3.05. The molecule has 0 atom stereocenters. The lowest BCUT2D eigenvalue weighted by Gasteiger charge is -2.47. The number of nitrogens with zero attached hydrogens (tertiary/aromatic N) is 1. The number of halogens is 2. The van der Waals surface area contributed by atoms with Gasteiger partial charge >= 0.3 is 0 Å². The van der Waals surface area contributed by atoms with Crippen molar-refractivity contribution >= 4 is 26.0 Å². The predicted molar refractivity (Wildman–Crippen MR) is 79.6 cm³/mol. The fourth-order valence-electron chi connectivity index (χ4n) is 2.37. The van der Waals surface area contributed by atoms with Gasteiger partial charge in [-0.05, 0) is 67.5 Å². The Morgan fingerprint density at radius 3 is 2.50 bits per heavy atom. The first-order valence-electron chi connectivity index (χ1n) is 6.39. The number of benzene rings is 1. The van der Waals surface area contributed by atoms with E-state index in [1.54, 1.807) is 0 Å². The van der Waals surface area contributed by atoms with Crippen LogP contribution in [0.4, 0.5) is 4.39 Å².